The molecule has 4 heterocycles. The van der Waals surface area contributed by atoms with Crippen molar-refractivity contribution in [3.05, 3.63) is 35.9 Å². The Labute approximate surface area is 194 Å². The van der Waals surface area contributed by atoms with Crippen molar-refractivity contribution in [2.24, 2.45) is 11.8 Å². The van der Waals surface area contributed by atoms with Crippen LogP contribution in [0.1, 0.15) is 16.8 Å². The highest BCUT2D eigenvalue weighted by atomic mass is 16.8. The SMILES string of the molecule is O=C(OC1C2CC3OCC(O)(C1O)C2C(OC1OC(CO)C(O)C(O)C1O)O3)c1ccccc1. The monoisotopic (exact) mass is 484 g/mol. The number of aliphatic hydroxyl groups excluding tert-OH is 5. The molecule has 0 aromatic heterocycles. The predicted octanol–water partition coefficient (Wildman–Crippen LogP) is -2.53. The van der Waals surface area contributed by atoms with Crippen molar-refractivity contribution < 1.29 is 59.1 Å². The number of aliphatic hydroxyl groups is 6. The number of ether oxygens (including phenoxy) is 5. The maximum atomic E-state index is 12.7. The third-order valence-corrected chi connectivity index (χ3v) is 7.20. The highest BCUT2D eigenvalue weighted by Crippen LogP contribution is 2.53. The Morgan fingerprint density at radius 1 is 1.03 bits per heavy atom. The number of benzene rings is 1. The molecule has 5 fully saturated rings. The molecule has 12 nitrogen and oxygen atoms in total. The van der Waals surface area contributed by atoms with E-state index in [4.69, 9.17) is 23.7 Å². The Kier molecular flexibility index (Phi) is 6.40. The van der Waals surface area contributed by atoms with Gasteiger partial charge in [0.15, 0.2) is 18.9 Å². The summed E-state index contributed by atoms with van der Waals surface area (Å²) in [5.41, 5.74) is -1.62. The van der Waals surface area contributed by atoms with Crippen molar-refractivity contribution in [2.45, 2.75) is 67.5 Å². The lowest BCUT2D eigenvalue weighted by atomic mass is 9.82. The van der Waals surface area contributed by atoms with Gasteiger partial charge in [0.1, 0.15) is 42.2 Å². The molecule has 4 bridgehead atoms. The van der Waals surface area contributed by atoms with Gasteiger partial charge >= 0.3 is 5.97 Å². The van der Waals surface area contributed by atoms with Gasteiger partial charge in [-0.05, 0) is 12.1 Å². The van der Waals surface area contributed by atoms with Crippen LogP contribution in [0, 0.1) is 11.8 Å². The van der Waals surface area contributed by atoms with Crippen LogP contribution in [0.2, 0.25) is 0 Å². The van der Waals surface area contributed by atoms with E-state index in [0.717, 1.165) is 0 Å². The molecule has 6 rings (SSSR count). The standard InChI is InChI=1S/C22H28O12/c23-7-11-14(24)15(25)16(26)21(31-11)34-20-13-10-6-12(32-20)30-8-22(13,29)18(27)17(10)33-19(28)9-4-2-1-3-5-9/h1-5,10-18,20-21,23-27,29H,6-8H2. The summed E-state index contributed by atoms with van der Waals surface area (Å²) in [5, 5.41) is 62.2. The van der Waals surface area contributed by atoms with E-state index in [1.165, 1.54) is 0 Å². The number of hydrogen-bond acceptors (Lipinski definition) is 12. The fourth-order valence-electron chi connectivity index (χ4n) is 5.38. The maximum Gasteiger partial charge on any atom is 0.338 e. The van der Waals surface area contributed by atoms with Gasteiger partial charge in [-0.15, -0.1) is 0 Å². The van der Waals surface area contributed by atoms with Gasteiger partial charge in [0.05, 0.1) is 24.7 Å². The number of hydrogen-bond donors (Lipinski definition) is 6. The molecule has 12 atom stereocenters. The summed E-state index contributed by atoms with van der Waals surface area (Å²) in [6, 6.07) is 8.23. The molecule has 4 aliphatic heterocycles. The lowest BCUT2D eigenvalue weighted by Gasteiger charge is -2.44. The van der Waals surface area contributed by atoms with Crippen LogP contribution >= 0.6 is 0 Å². The summed E-state index contributed by atoms with van der Waals surface area (Å²) in [7, 11) is 0. The molecule has 12 unspecified atom stereocenters. The molecular weight excluding hydrogens is 456 g/mol. The van der Waals surface area contributed by atoms with Gasteiger partial charge < -0.3 is 54.3 Å². The van der Waals surface area contributed by atoms with Gasteiger partial charge in [-0.2, -0.15) is 0 Å². The van der Waals surface area contributed by atoms with Crippen molar-refractivity contribution in [3.63, 3.8) is 0 Å². The lowest BCUT2D eigenvalue weighted by Crippen LogP contribution is -2.61. The van der Waals surface area contributed by atoms with Gasteiger partial charge in [-0.1, -0.05) is 18.2 Å². The lowest BCUT2D eigenvalue weighted by molar-refractivity contribution is -0.370. The van der Waals surface area contributed by atoms with Crippen LogP contribution in [0.4, 0.5) is 0 Å². The first-order valence-electron chi connectivity index (χ1n) is 11.1. The quantitative estimate of drug-likeness (QED) is 0.241. The zero-order valence-corrected chi connectivity index (χ0v) is 18.0. The molecular formula is C22H28O12. The molecule has 1 aromatic rings. The van der Waals surface area contributed by atoms with Crippen molar-refractivity contribution >= 4 is 5.97 Å². The fourth-order valence-corrected chi connectivity index (χ4v) is 5.38. The zero-order chi connectivity index (χ0) is 24.2. The van der Waals surface area contributed by atoms with Crippen LogP contribution in [-0.2, 0) is 23.7 Å². The molecule has 1 aromatic carbocycles. The maximum absolute atomic E-state index is 12.7. The van der Waals surface area contributed by atoms with E-state index in [0.29, 0.717) is 0 Å². The number of carbonyl (C=O) groups excluding carboxylic acids is 1. The summed E-state index contributed by atoms with van der Waals surface area (Å²) in [4.78, 5) is 12.7. The molecule has 4 saturated heterocycles. The molecule has 0 radical (unpaired) electrons. The van der Waals surface area contributed by atoms with E-state index in [2.05, 4.69) is 0 Å². The van der Waals surface area contributed by atoms with Crippen LogP contribution < -0.4 is 0 Å². The van der Waals surface area contributed by atoms with E-state index in [1.54, 1.807) is 30.3 Å². The van der Waals surface area contributed by atoms with Crippen LogP contribution in [-0.4, -0.2) is 111 Å². The van der Waals surface area contributed by atoms with Crippen LogP contribution in [0.5, 0.6) is 0 Å². The predicted molar refractivity (Wildman–Crippen MR) is 108 cm³/mol. The average molecular weight is 484 g/mol. The number of esters is 1. The summed E-state index contributed by atoms with van der Waals surface area (Å²) in [6.45, 7) is -0.956. The second-order valence-electron chi connectivity index (χ2n) is 9.18. The molecule has 12 heteroatoms. The minimum Gasteiger partial charge on any atom is -0.456 e. The van der Waals surface area contributed by atoms with Crippen molar-refractivity contribution in [1.29, 1.82) is 0 Å². The largest absolute Gasteiger partial charge is 0.456 e. The first-order chi connectivity index (χ1) is 16.2. The van der Waals surface area contributed by atoms with Crippen molar-refractivity contribution in [2.75, 3.05) is 13.2 Å². The Balaban J connectivity index is 1.38. The van der Waals surface area contributed by atoms with Gasteiger partial charge in [-0.25, -0.2) is 4.79 Å². The second-order valence-corrected chi connectivity index (χ2v) is 9.18. The third-order valence-electron chi connectivity index (χ3n) is 7.20. The van der Waals surface area contributed by atoms with Crippen molar-refractivity contribution in [1.82, 2.24) is 0 Å². The third kappa shape index (κ3) is 3.84. The number of fused-ring (bicyclic) bond motifs is 2. The first-order valence-corrected chi connectivity index (χ1v) is 11.1. The van der Waals surface area contributed by atoms with E-state index < -0.39 is 85.5 Å². The fraction of sp³-hybridized carbons (Fsp3) is 0.682. The van der Waals surface area contributed by atoms with E-state index >= 15 is 0 Å². The molecule has 188 valence electrons. The first kappa shape index (κ1) is 24.0. The van der Waals surface area contributed by atoms with E-state index in [9.17, 15) is 35.4 Å². The van der Waals surface area contributed by atoms with Gasteiger partial charge in [-0.3, -0.25) is 0 Å². The van der Waals surface area contributed by atoms with E-state index in [1.807, 2.05) is 0 Å². The Bertz CT molecular complexity index is 882. The molecule has 34 heavy (non-hydrogen) atoms. The second kappa shape index (κ2) is 9.06. The van der Waals surface area contributed by atoms with E-state index in [-0.39, 0.29) is 18.6 Å². The molecule has 1 saturated carbocycles. The van der Waals surface area contributed by atoms with Crippen LogP contribution in [0.15, 0.2) is 30.3 Å². The Hall–Kier alpha value is -1.71. The topological polar surface area (TPSA) is 185 Å². The molecule has 0 spiro atoms. The Morgan fingerprint density at radius 3 is 2.47 bits per heavy atom. The summed E-state index contributed by atoms with van der Waals surface area (Å²) < 4.78 is 28.1. The number of carbonyl (C=O) groups is 1. The van der Waals surface area contributed by atoms with Crippen LogP contribution in [0.25, 0.3) is 0 Å². The molecule has 6 N–H and O–H groups in total. The minimum atomic E-state index is -1.91. The zero-order valence-electron chi connectivity index (χ0n) is 18.0. The Morgan fingerprint density at radius 2 is 1.76 bits per heavy atom. The molecule has 1 aliphatic carbocycles. The van der Waals surface area contributed by atoms with Gasteiger partial charge in [0, 0.05) is 12.3 Å². The van der Waals surface area contributed by atoms with Crippen LogP contribution in [0.3, 0.4) is 0 Å². The molecule has 0 amide bonds. The summed E-state index contributed by atoms with van der Waals surface area (Å²) in [6.07, 6.45) is -12.2. The van der Waals surface area contributed by atoms with Gasteiger partial charge in [0.2, 0.25) is 0 Å². The smallest absolute Gasteiger partial charge is 0.338 e. The van der Waals surface area contributed by atoms with Gasteiger partial charge in [0.25, 0.3) is 0 Å². The molecule has 5 aliphatic rings. The average Bonchev–Trinajstić information content (AvgIpc) is 2.95. The summed E-state index contributed by atoms with van der Waals surface area (Å²) >= 11 is 0. The normalized spacial score (nSPS) is 47.9. The highest BCUT2D eigenvalue weighted by molar-refractivity contribution is 5.89. The summed E-state index contributed by atoms with van der Waals surface area (Å²) in [5.74, 6) is -2.23. The van der Waals surface area contributed by atoms with Crippen molar-refractivity contribution in [3.8, 4) is 0 Å². The number of rotatable bonds is 5. The highest BCUT2D eigenvalue weighted by Gasteiger charge is 2.69. The minimum absolute atomic E-state index is 0.200.